The van der Waals surface area contributed by atoms with Crippen molar-refractivity contribution in [3.63, 3.8) is 0 Å². The minimum Gasteiger partial charge on any atom is -0.342 e. The van der Waals surface area contributed by atoms with Gasteiger partial charge in [0.25, 0.3) is 0 Å². The highest BCUT2D eigenvalue weighted by Gasteiger charge is 2.43. The zero-order valence-corrected chi connectivity index (χ0v) is 12.9. The number of likely N-dealkylation sites (tertiary alicyclic amines) is 2. The van der Waals surface area contributed by atoms with Crippen LogP contribution in [-0.2, 0) is 4.79 Å². The molecule has 4 nitrogen and oxygen atoms in total. The maximum Gasteiger partial charge on any atom is 0.230 e. The van der Waals surface area contributed by atoms with Crippen LogP contribution < -0.4 is 5.32 Å². The Kier molecular flexibility index (Phi) is 4.32. The SMILES string of the molecule is CCC1(C(=O)N2CCC(N3CCCC3)CC2)CCNC1. The van der Waals surface area contributed by atoms with Crippen molar-refractivity contribution < 1.29 is 4.79 Å². The lowest BCUT2D eigenvalue weighted by molar-refractivity contribution is -0.143. The molecule has 0 saturated carbocycles. The van der Waals surface area contributed by atoms with Gasteiger partial charge in [-0.2, -0.15) is 0 Å². The highest BCUT2D eigenvalue weighted by Crippen LogP contribution is 2.33. The lowest BCUT2D eigenvalue weighted by atomic mass is 9.82. The molecule has 0 bridgehead atoms. The molecule has 3 fully saturated rings. The van der Waals surface area contributed by atoms with E-state index in [1.54, 1.807) is 0 Å². The summed E-state index contributed by atoms with van der Waals surface area (Å²) >= 11 is 0. The summed E-state index contributed by atoms with van der Waals surface area (Å²) in [6, 6.07) is 0.737. The Balaban J connectivity index is 1.56. The molecule has 3 aliphatic heterocycles. The van der Waals surface area contributed by atoms with E-state index in [9.17, 15) is 4.79 Å². The van der Waals surface area contributed by atoms with Crippen LogP contribution in [0, 0.1) is 5.41 Å². The average Bonchev–Trinajstić information content (AvgIpc) is 3.18. The standard InChI is InChI=1S/C16H29N3O/c1-2-16(7-8-17-13-16)15(20)19-11-5-14(6-12-19)18-9-3-4-10-18/h14,17H,2-13H2,1H3. The van der Waals surface area contributed by atoms with Crippen LogP contribution in [0.3, 0.4) is 0 Å². The van der Waals surface area contributed by atoms with Gasteiger partial charge in [-0.1, -0.05) is 6.92 Å². The number of carbonyl (C=O) groups is 1. The molecule has 0 aromatic rings. The highest BCUT2D eigenvalue weighted by atomic mass is 16.2. The van der Waals surface area contributed by atoms with E-state index in [4.69, 9.17) is 0 Å². The smallest absolute Gasteiger partial charge is 0.230 e. The van der Waals surface area contributed by atoms with Crippen molar-refractivity contribution in [2.24, 2.45) is 5.41 Å². The Morgan fingerprint density at radius 1 is 1.20 bits per heavy atom. The van der Waals surface area contributed by atoms with Crippen LogP contribution in [0.15, 0.2) is 0 Å². The molecule has 1 atom stereocenters. The number of rotatable bonds is 3. The molecule has 3 aliphatic rings. The Labute approximate surface area is 122 Å². The fourth-order valence-corrected chi connectivity index (χ4v) is 4.26. The van der Waals surface area contributed by atoms with Crippen LogP contribution in [0.2, 0.25) is 0 Å². The first-order valence-electron chi connectivity index (χ1n) is 8.49. The summed E-state index contributed by atoms with van der Waals surface area (Å²) in [6.45, 7) is 8.56. The third-order valence-electron chi connectivity index (χ3n) is 5.78. The fourth-order valence-electron chi connectivity index (χ4n) is 4.26. The number of amides is 1. The summed E-state index contributed by atoms with van der Waals surface area (Å²) in [4.78, 5) is 17.7. The van der Waals surface area contributed by atoms with Crippen molar-refractivity contribution in [3.05, 3.63) is 0 Å². The zero-order valence-electron chi connectivity index (χ0n) is 12.9. The number of hydrogen-bond acceptors (Lipinski definition) is 3. The Bertz CT molecular complexity index is 338. The van der Waals surface area contributed by atoms with Gasteiger partial charge in [-0.3, -0.25) is 4.79 Å². The van der Waals surface area contributed by atoms with Crippen molar-refractivity contribution >= 4 is 5.91 Å². The van der Waals surface area contributed by atoms with Crippen molar-refractivity contribution in [1.29, 1.82) is 0 Å². The zero-order chi connectivity index (χ0) is 14.0. The van der Waals surface area contributed by atoms with Gasteiger partial charge in [0.05, 0.1) is 5.41 Å². The molecule has 1 unspecified atom stereocenters. The monoisotopic (exact) mass is 279 g/mol. The maximum absolute atomic E-state index is 12.9. The summed E-state index contributed by atoms with van der Waals surface area (Å²) in [7, 11) is 0. The molecule has 4 heteroatoms. The van der Waals surface area contributed by atoms with Crippen LogP contribution in [0.5, 0.6) is 0 Å². The second-order valence-corrected chi connectivity index (χ2v) is 6.83. The predicted molar refractivity (Wildman–Crippen MR) is 80.6 cm³/mol. The lowest BCUT2D eigenvalue weighted by Gasteiger charge is -2.40. The fraction of sp³-hybridized carbons (Fsp3) is 0.938. The van der Waals surface area contributed by atoms with Crippen LogP contribution in [-0.4, -0.2) is 61.0 Å². The molecule has 0 radical (unpaired) electrons. The van der Waals surface area contributed by atoms with Gasteiger partial charge in [0, 0.05) is 25.7 Å². The van der Waals surface area contributed by atoms with E-state index in [-0.39, 0.29) is 5.41 Å². The highest BCUT2D eigenvalue weighted by molar-refractivity contribution is 5.83. The van der Waals surface area contributed by atoms with Crippen LogP contribution in [0.1, 0.15) is 45.4 Å². The number of piperidine rings is 1. The molecule has 0 aromatic heterocycles. The number of carbonyl (C=O) groups excluding carboxylic acids is 1. The van der Waals surface area contributed by atoms with Crippen LogP contribution in [0.4, 0.5) is 0 Å². The molecule has 3 saturated heterocycles. The second kappa shape index (κ2) is 6.02. The van der Waals surface area contributed by atoms with Gasteiger partial charge in [0.1, 0.15) is 0 Å². The number of hydrogen-bond donors (Lipinski definition) is 1. The lowest BCUT2D eigenvalue weighted by Crippen LogP contribution is -2.51. The van der Waals surface area contributed by atoms with Crippen molar-refractivity contribution in [1.82, 2.24) is 15.1 Å². The predicted octanol–water partition coefficient (Wildman–Crippen LogP) is 1.46. The van der Waals surface area contributed by atoms with E-state index in [2.05, 4.69) is 22.0 Å². The van der Waals surface area contributed by atoms with Gasteiger partial charge in [-0.05, 0) is 58.2 Å². The molecule has 114 valence electrons. The normalized spacial score (nSPS) is 33.0. The summed E-state index contributed by atoms with van der Waals surface area (Å²) in [6.07, 6.45) is 7.09. The minimum absolute atomic E-state index is 0.0967. The molecule has 0 aromatic carbocycles. The first-order valence-corrected chi connectivity index (χ1v) is 8.49. The summed E-state index contributed by atoms with van der Waals surface area (Å²) in [5.41, 5.74) is -0.0967. The summed E-state index contributed by atoms with van der Waals surface area (Å²) in [5, 5.41) is 3.38. The quantitative estimate of drug-likeness (QED) is 0.849. The van der Waals surface area contributed by atoms with Gasteiger partial charge < -0.3 is 15.1 Å². The molecule has 1 amide bonds. The van der Waals surface area contributed by atoms with E-state index in [1.165, 1.54) is 38.8 Å². The molecular weight excluding hydrogens is 250 g/mol. The molecule has 3 heterocycles. The molecule has 0 spiro atoms. The van der Waals surface area contributed by atoms with E-state index >= 15 is 0 Å². The Morgan fingerprint density at radius 2 is 1.90 bits per heavy atom. The van der Waals surface area contributed by atoms with Gasteiger partial charge in [-0.25, -0.2) is 0 Å². The van der Waals surface area contributed by atoms with Crippen LogP contribution in [0.25, 0.3) is 0 Å². The first-order chi connectivity index (χ1) is 9.75. The molecule has 0 aliphatic carbocycles. The Hall–Kier alpha value is -0.610. The van der Waals surface area contributed by atoms with Crippen molar-refractivity contribution in [2.45, 2.75) is 51.5 Å². The number of nitrogens with zero attached hydrogens (tertiary/aromatic N) is 2. The van der Waals surface area contributed by atoms with Crippen molar-refractivity contribution in [2.75, 3.05) is 39.3 Å². The molecule has 3 rings (SSSR count). The molecule has 20 heavy (non-hydrogen) atoms. The second-order valence-electron chi connectivity index (χ2n) is 6.83. The largest absolute Gasteiger partial charge is 0.342 e. The summed E-state index contributed by atoms with van der Waals surface area (Å²) < 4.78 is 0. The molecule has 1 N–H and O–H groups in total. The van der Waals surface area contributed by atoms with Gasteiger partial charge in [0.15, 0.2) is 0 Å². The third-order valence-corrected chi connectivity index (χ3v) is 5.78. The maximum atomic E-state index is 12.9. The number of nitrogens with one attached hydrogen (secondary N) is 1. The first kappa shape index (κ1) is 14.3. The van der Waals surface area contributed by atoms with E-state index in [0.29, 0.717) is 5.91 Å². The average molecular weight is 279 g/mol. The minimum atomic E-state index is -0.0967. The summed E-state index contributed by atoms with van der Waals surface area (Å²) in [5.74, 6) is 0.421. The van der Waals surface area contributed by atoms with Crippen molar-refractivity contribution in [3.8, 4) is 0 Å². The third kappa shape index (κ3) is 2.60. The van der Waals surface area contributed by atoms with E-state index in [1.807, 2.05) is 0 Å². The van der Waals surface area contributed by atoms with Gasteiger partial charge in [-0.15, -0.1) is 0 Å². The van der Waals surface area contributed by atoms with E-state index < -0.39 is 0 Å². The van der Waals surface area contributed by atoms with Gasteiger partial charge >= 0.3 is 0 Å². The van der Waals surface area contributed by atoms with Gasteiger partial charge in [0.2, 0.25) is 5.91 Å². The Morgan fingerprint density at radius 3 is 2.45 bits per heavy atom. The topological polar surface area (TPSA) is 35.6 Å². The van der Waals surface area contributed by atoms with Crippen LogP contribution >= 0.6 is 0 Å². The molecular formula is C16H29N3O. The van der Waals surface area contributed by atoms with E-state index in [0.717, 1.165) is 45.1 Å².